The summed E-state index contributed by atoms with van der Waals surface area (Å²) in [5, 5.41) is 7.37. The Bertz CT molecular complexity index is 739. The van der Waals surface area contributed by atoms with Crippen LogP contribution in [-0.2, 0) is 18.3 Å². The number of benzene rings is 1. The lowest BCUT2D eigenvalue weighted by molar-refractivity contribution is -0.117. The van der Waals surface area contributed by atoms with E-state index >= 15 is 0 Å². The molecule has 0 aliphatic carbocycles. The minimum atomic E-state index is -0.169. The molecule has 2 aromatic rings. The number of rotatable bonds is 5. The van der Waals surface area contributed by atoms with E-state index in [2.05, 4.69) is 0 Å². The van der Waals surface area contributed by atoms with Gasteiger partial charge in [-0.15, -0.1) is 0 Å². The number of hydrogen-bond acceptors (Lipinski definition) is 3. The first-order valence-electron chi connectivity index (χ1n) is 6.80. The van der Waals surface area contributed by atoms with Crippen LogP contribution in [0.2, 0.25) is 0 Å². The van der Waals surface area contributed by atoms with Crippen LogP contribution in [0.1, 0.15) is 24.6 Å². The first-order chi connectivity index (χ1) is 9.91. The van der Waals surface area contributed by atoms with Crippen LogP contribution in [0.3, 0.4) is 0 Å². The molecule has 0 radical (unpaired) electrons. The van der Waals surface area contributed by atoms with Crippen LogP contribution < -0.4 is 5.56 Å². The number of para-hydroxylation sites is 1. The van der Waals surface area contributed by atoms with Crippen molar-refractivity contribution in [3.05, 3.63) is 51.9 Å². The largest absolute Gasteiger partial charge is 0.310 e. The maximum absolute atomic E-state index is 12.6. The molecule has 0 aliphatic heterocycles. The molecule has 5 heteroatoms. The Balaban J connectivity index is 2.44. The van der Waals surface area contributed by atoms with Gasteiger partial charge in [-0.1, -0.05) is 18.2 Å². The van der Waals surface area contributed by atoms with Crippen LogP contribution in [0.4, 0.5) is 0 Å². The molecular weight excluding hydrogens is 266 g/mol. The number of nitrogens with zero attached hydrogens (tertiary/aromatic N) is 2. The summed E-state index contributed by atoms with van der Waals surface area (Å²) in [6.07, 6.45) is 0.174. The molecule has 0 saturated heterocycles. The molecule has 0 fully saturated rings. The zero-order chi connectivity index (χ0) is 15.6. The molecule has 0 amide bonds. The van der Waals surface area contributed by atoms with Gasteiger partial charge >= 0.3 is 0 Å². The molecule has 0 spiro atoms. The van der Waals surface area contributed by atoms with Crippen LogP contribution >= 0.6 is 0 Å². The Morgan fingerprint density at radius 2 is 1.86 bits per heavy atom. The van der Waals surface area contributed by atoms with Crippen LogP contribution in [-0.4, -0.2) is 20.9 Å². The van der Waals surface area contributed by atoms with E-state index < -0.39 is 0 Å². The van der Waals surface area contributed by atoms with E-state index in [1.807, 2.05) is 37.3 Å². The monoisotopic (exact) mass is 285 g/mol. The number of carbonyl (C=O) groups is 1. The average Bonchev–Trinajstić information content (AvgIpc) is 2.63. The highest BCUT2D eigenvalue weighted by Gasteiger charge is 2.18. The second kappa shape index (κ2) is 5.91. The number of Topliss-reactive ketones (excluding diaryl/α,β-unsaturated/α-hetero) is 1. The Morgan fingerprint density at radius 1 is 1.24 bits per heavy atom. The van der Waals surface area contributed by atoms with Crippen molar-refractivity contribution in [2.24, 2.45) is 7.05 Å². The van der Waals surface area contributed by atoms with Gasteiger partial charge in [0, 0.05) is 36.9 Å². The summed E-state index contributed by atoms with van der Waals surface area (Å²) in [6.45, 7) is 3.43. The Labute approximate surface area is 123 Å². The van der Waals surface area contributed by atoms with Gasteiger partial charge in [-0.05, 0) is 26.0 Å². The lowest BCUT2D eigenvalue weighted by Crippen LogP contribution is -2.22. The first-order valence-corrected chi connectivity index (χ1v) is 6.80. The van der Waals surface area contributed by atoms with E-state index in [9.17, 15) is 9.59 Å². The Kier molecular flexibility index (Phi) is 4.21. The third kappa shape index (κ3) is 3.02. The highest BCUT2D eigenvalue weighted by Crippen LogP contribution is 2.11. The van der Waals surface area contributed by atoms with E-state index in [1.165, 1.54) is 0 Å². The summed E-state index contributed by atoms with van der Waals surface area (Å²) < 4.78 is 3.33. The SMILES string of the molecule is CC(=N)CC(=O)Cc1c(C)n(C)n(-c2ccccc2)c1=O. The van der Waals surface area contributed by atoms with Gasteiger partial charge in [-0.2, -0.15) is 0 Å². The highest BCUT2D eigenvalue weighted by atomic mass is 16.1. The summed E-state index contributed by atoms with van der Waals surface area (Å²) in [7, 11) is 1.81. The zero-order valence-corrected chi connectivity index (χ0v) is 12.5. The van der Waals surface area contributed by atoms with Crippen LogP contribution in [0.15, 0.2) is 35.1 Å². The van der Waals surface area contributed by atoms with Gasteiger partial charge < -0.3 is 5.41 Å². The Hall–Kier alpha value is -2.43. The van der Waals surface area contributed by atoms with Gasteiger partial charge in [0.25, 0.3) is 5.56 Å². The van der Waals surface area contributed by atoms with Crippen LogP contribution in [0.5, 0.6) is 0 Å². The third-order valence-electron chi connectivity index (χ3n) is 3.51. The lowest BCUT2D eigenvalue weighted by Gasteiger charge is -2.07. The molecule has 5 nitrogen and oxygen atoms in total. The molecular formula is C16H19N3O2. The Morgan fingerprint density at radius 3 is 2.43 bits per heavy atom. The van der Waals surface area contributed by atoms with E-state index in [0.717, 1.165) is 11.4 Å². The van der Waals surface area contributed by atoms with Crippen molar-refractivity contribution in [1.29, 1.82) is 5.41 Å². The second-order valence-corrected chi connectivity index (χ2v) is 5.21. The summed E-state index contributed by atoms with van der Waals surface area (Å²) in [6, 6.07) is 9.34. The number of ketones is 1. The molecule has 0 unspecified atom stereocenters. The summed E-state index contributed by atoms with van der Waals surface area (Å²) >= 11 is 0. The maximum atomic E-state index is 12.6. The van der Waals surface area contributed by atoms with Gasteiger partial charge in [0.05, 0.1) is 5.69 Å². The van der Waals surface area contributed by atoms with E-state index in [1.54, 1.807) is 23.3 Å². The first kappa shape index (κ1) is 15.0. The smallest absolute Gasteiger partial charge is 0.275 e. The van der Waals surface area contributed by atoms with Crippen LogP contribution in [0.25, 0.3) is 5.69 Å². The summed E-state index contributed by atoms with van der Waals surface area (Å²) in [5.74, 6) is -0.103. The molecule has 0 bridgehead atoms. The molecule has 1 N–H and O–H groups in total. The van der Waals surface area contributed by atoms with Crippen molar-refractivity contribution in [3.63, 3.8) is 0 Å². The third-order valence-corrected chi connectivity index (χ3v) is 3.51. The van der Waals surface area contributed by atoms with Crippen molar-refractivity contribution in [2.75, 3.05) is 0 Å². The lowest BCUT2D eigenvalue weighted by atomic mass is 10.1. The minimum absolute atomic E-state index is 0.0779. The van der Waals surface area contributed by atoms with Crippen molar-refractivity contribution in [1.82, 2.24) is 9.36 Å². The molecule has 21 heavy (non-hydrogen) atoms. The molecule has 1 aromatic heterocycles. The second-order valence-electron chi connectivity index (χ2n) is 5.21. The average molecular weight is 285 g/mol. The zero-order valence-electron chi connectivity index (χ0n) is 12.5. The van der Waals surface area contributed by atoms with Gasteiger partial charge in [-0.25, -0.2) is 4.68 Å². The van der Waals surface area contributed by atoms with Gasteiger partial charge in [0.1, 0.15) is 5.78 Å². The molecule has 0 saturated carbocycles. The molecule has 1 aromatic carbocycles. The quantitative estimate of drug-likeness (QED) is 0.854. The number of hydrogen-bond donors (Lipinski definition) is 1. The highest BCUT2D eigenvalue weighted by molar-refractivity contribution is 6.00. The van der Waals surface area contributed by atoms with E-state index in [4.69, 9.17) is 5.41 Å². The predicted molar refractivity (Wildman–Crippen MR) is 82.5 cm³/mol. The summed E-state index contributed by atoms with van der Waals surface area (Å²) in [4.78, 5) is 24.5. The molecule has 1 heterocycles. The van der Waals surface area contributed by atoms with Crippen molar-refractivity contribution in [2.45, 2.75) is 26.7 Å². The number of aromatic nitrogens is 2. The molecule has 0 aliphatic rings. The van der Waals surface area contributed by atoms with Gasteiger partial charge in [-0.3, -0.25) is 14.3 Å². The van der Waals surface area contributed by atoms with Crippen LogP contribution in [0, 0.1) is 12.3 Å². The fourth-order valence-corrected chi connectivity index (χ4v) is 2.38. The molecule has 110 valence electrons. The maximum Gasteiger partial charge on any atom is 0.275 e. The van der Waals surface area contributed by atoms with E-state index in [0.29, 0.717) is 11.3 Å². The van der Waals surface area contributed by atoms with Crippen molar-refractivity contribution in [3.8, 4) is 5.69 Å². The fraction of sp³-hybridized carbons (Fsp3) is 0.312. The number of carbonyl (C=O) groups excluding carboxylic acids is 1. The molecule has 2 rings (SSSR count). The summed E-state index contributed by atoms with van der Waals surface area (Å²) in [5.41, 5.74) is 2.21. The van der Waals surface area contributed by atoms with Crippen molar-refractivity contribution < 1.29 is 4.79 Å². The molecule has 0 atom stereocenters. The predicted octanol–water partition coefficient (Wildman–Crippen LogP) is 2.03. The topological polar surface area (TPSA) is 67.8 Å². The minimum Gasteiger partial charge on any atom is -0.310 e. The van der Waals surface area contributed by atoms with Gasteiger partial charge in [0.2, 0.25) is 0 Å². The normalized spacial score (nSPS) is 10.6. The number of nitrogens with one attached hydrogen (secondary N) is 1. The fourth-order valence-electron chi connectivity index (χ4n) is 2.38. The standard InChI is InChI=1S/C16H19N3O2/c1-11(17)9-14(20)10-15-12(2)18(3)19(16(15)21)13-7-5-4-6-8-13/h4-8,17H,9-10H2,1-3H3. The van der Waals surface area contributed by atoms with Crippen molar-refractivity contribution >= 4 is 11.5 Å². The van der Waals surface area contributed by atoms with E-state index in [-0.39, 0.29) is 24.2 Å². The van der Waals surface area contributed by atoms with Gasteiger partial charge in [0.15, 0.2) is 0 Å².